The minimum absolute atomic E-state index is 0.185. The van der Waals surface area contributed by atoms with Gasteiger partial charge < -0.3 is 0 Å². The molecule has 0 radical (unpaired) electrons. The Morgan fingerprint density at radius 3 is 2.87 bits per heavy atom. The standard InChI is InChI=1S/C16H16N4OS2/c1-4-22-16-20-19-15(23-16)18-14(21)12-8-10(3)17-13-6-5-9(2)7-11(12)13/h5-8H,4H2,1-3H3,(H,18,19,21). The average molecular weight is 344 g/mol. The molecule has 1 N–H and O–H groups in total. The van der Waals surface area contributed by atoms with Crippen molar-refractivity contribution in [3.8, 4) is 0 Å². The third kappa shape index (κ3) is 3.51. The molecule has 118 valence electrons. The molecule has 2 aromatic heterocycles. The van der Waals surface area contributed by atoms with Crippen LogP contribution in [0.4, 0.5) is 5.13 Å². The maximum atomic E-state index is 12.7. The van der Waals surface area contributed by atoms with E-state index in [1.54, 1.807) is 17.8 Å². The highest BCUT2D eigenvalue weighted by Gasteiger charge is 2.14. The summed E-state index contributed by atoms with van der Waals surface area (Å²) in [7, 11) is 0. The van der Waals surface area contributed by atoms with Crippen LogP contribution in [0.25, 0.3) is 10.9 Å². The van der Waals surface area contributed by atoms with Gasteiger partial charge in [0.2, 0.25) is 5.13 Å². The van der Waals surface area contributed by atoms with Crippen LogP contribution < -0.4 is 5.32 Å². The molecule has 0 atom stereocenters. The summed E-state index contributed by atoms with van der Waals surface area (Å²) in [5.41, 5.74) is 3.33. The fraction of sp³-hybridized carbons (Fsp3) is 0.250. The van der Waals surface area contributed by atoms with Gasteiger partial charge in [-0.25, -0.2) is 0 Å². The Morgan fingerprint density at radius 1 is 1.26 bits per heavy atom. The Kier molecular flexibility index (Phi) is 4.58. The minimum atomic E-state index is -0.185. The first-order valence-corrected chi connectivity index (χ1v) is 9.02. The molecule has 0 bridgehead atoms. The summed E-state index contributed by atoms with van der Waals surface area (Å²) in [5, 5.41) is 12.3. The van der Waals surface area contributed by atoms with Crippen LogP contribution in [0.15, 0.2) is 28.6 Å². The third-order valence-corrected chi connectivity index (χ3v) is 5.09. The van der Waals surface area contributed by atoms with Gasteiger partial charge in [-0.2, -0.15) is 0 Å². The van der Waals surface area contributed by atoms with Crippen LogP contribution in [-0.4, -0.2) is 26.8 Å². The summed E-state index contributed by atoms with van der Waals surface area (Å²) in [4.78, 5) is 17.1. The van der Waals surface area contributed by atoms with Crippen LogP contribution in [-0.2, 0) is 0 Å². The first kappa shape index (κ1) is 15.9. The Bertz CT molecular complexity index is 876. The molecule has 2 heterocycles. The Labute approximate surface area is 142 Å². The number of fused-ring (bicyclic) bond motifs is 1. The zero-order chi connectivity index (χ0) is 16.4. The Morgan fingerprint density at radius 2 is 2.09 bits per heavy atom. The number of carbonyl (C=O) groups excluding carboxylic acids is 1. The molecule has 3 aromatic rings. The van der Waals surface area contributed by atoms with E-state index in [1.807, 2.05) is 32.0 Å². The summed E-state index contributed by atoms with van der Waals surface area (Å²) in [6.45, 7) is 5.94. The summed E-state index contributed by atoms with van der Waals surface area (Å²) in [6.07, 6.45) is 0. The second-order valence-electron chi connectivity index (χ2n) is 5.09. The first-order valence-electron chi connectivity index (χ1n) is 7.22. The molecule has 0 unspecified atom stereocenters. The fourth-order valence-corrected chi connectivity index (χ4v) is 3.91. The number of hydrogen-bond acceptors (Lipinski definition) is 6. The summed E-state index contributed by atoms with van der Waals surface area (Å²) in [6, 6.07) is 7.72. The van der Waals surface area contributed by atoms with Crippen molar-refractivity contribution in [2.24, 2.45) is 0 Å². The Balaban J connectivity index is 1.94. The summed E-state index contributed by atoms with van der Waals surface area (Å²) >= 11 is 3.00. The molecule has 0 aliphatic rings. The van der Waals surface area contributed by atoms with Gasteiger partial charge in [0.15, 0.2) is 4.34 Å². The number of pyridine rings is 1. The summed E-state index contributed by atoms with van der Waals surface area (Å²) in [5.74, 6) is 0.742. The lowest BCUT2D eigenvalue weighted by Gasteiger charge is -2.08. The highest BCUT2D eigenvalue weighted by Crippen LogP contribution is 2.26. The fourth-order valence-electron chi connectivity index (χ4n) is 2.27. The van der Waals surface area contributed by atoms with Crippen LogP contribution in [0.1, 0.15) is 28.5 Å². The van der Waals surface area contributed by atoms with Gasteiger partial charge in [0, 0.05) is 11.1 Å². The van der Waals surface area contributed by atoms with E-state index >= 15 is 0 Å². The minimum Gasteiger partial charge on any atom is -0.296 e. The smallest absolute Gasteiger partial charge is 0.258 e. The van der Waals surface area contributed by atoms with E-state index in [0.717, 1.165) is 32.3 Å². The van der Waals surface area contributed by atoms with E-state index in [9.17, 15) is 4.79 Å². The maximum Gasteiger partial charge on any atom is 0.258 e. The van der Waals surface area contributed by atoms with Crippen LogP contribution >= 0.6 is 23.1 Å². The maximum absolute atomic E-state index is 12.7. The molecule has 0 aliphatic carbocycles. The lowest BCUT2D eigenvalue weighted by molar-refractivity contribution is 0.102. The van der Waals surface area contributed by atoms with Crippen molar-refractivity contribution in [1.29, 1.82) is 0 Å². The molecular formula is C16H16N4OS2. The van der Waals surface area contributed by atoms with Crippen LogP contribution in [0.2, 0.25) is 0 Å². The molecule has 7 heteroatoms. The highest BCUT2D eigenvalue weighted by atomic mass is 32.2. The normalized spacial score (nSPS) is 10.9. The molecule has 0 saturated heterocycles. The van der Waals surface area contributed by atoms with E-state index < -0.39 is 0 Å². The van der Waals surface area contributed by atoms with E-state index in [4.69, 9.17) is 0 Å². The predicted molar refractivity (Wildman–Crippen MR) is 95.5 cm³/mol. The molecule has 0 spiro atoms. The quantitative estimate of drug-likeness (QED) is 0.571. The van der Waals surface area contributed by atoms with Crippen LogP contribution in [0, 0.1) is 13.8 Å². The van der Waals surface area contributed by atoms with Gasteiger partial charge in [0.05, 0.1) is 11.1 Å². The van der Waals surface area contributed by atoms with Crippen molar-refractivity contribution < 1.29 is 4.79 Å². The average Bonchev–Trinajstić information content (AvgIpc) is 2.94. The lowest BCUT2D eigenvalue weighted by atomic mass is 10.0. The Hall–Kier alpha value is -1.99. The number of benzene rings is 1. The van der Waals surface area contributed by atoms with Crippen molar-refractivity contribution in [3.05, 3.63) is 41.1 Å². The molecule has 1 aromatic carbocycles. The van der Waals surface area contributed by atoms with Gasteiger partial charge in [-0.05, 0) is 37.8 Å². The van der Waals surface area contributed by atoms with Crippen LogP contribution in [0.5, 0.6) is 0 Å². The van der Waals surface area contributed by atoms with Crippen molar-refractivity contribution in [1.82, 2.24) is 15.2 Å². The number of carbonyl (C=O) groups is 1. The van der Waals surface area contributed by atoms with E-state index in [1.165, 1.54) is 11.3 Å². The molecule has 23 heavy (non-hydrogen) atoms. The lowest BCUT2D eigenvalue weighted by Crippen LogP contribution is -2.13. The number of amides is 1. The second-order valence-corrected chi connectivity index (χ2v) is 7.58. The molecule has 0 aliphatic heterocycles. The molecule has 0 saturated carbocycles. The van der Waals surface area contributed by atoms with Crippen molar-refractivity contribution >= 4 is 45.0 Å². The van der Waals surface area contributed by atoms with Gasteiger partial charge in [-0.15, -0.1) is 10.2 Å². The number of nitrogens with one attached hydrogen (secondary N) is 1. The van der Waals surface area contributed by atoms with E-state index in [-0.39, 0.29) is 5.91 Å². The molecule has 5 nitrogen and oxygen atoms in total. The van der Waals surface area contributed by atoms with Gasteiger partial charge >= 0.3 is 0 Å². The predicted octanol–water partition coefficient (Wildman–Crippen LogP) is 4.07. The van der Waals surface area contributed by atoms with Gasteiger partial charge in [0.25, 0.3) is 5.91 Å². The largest absolute Gasteiger partial charge is 0.296 e. The highest BCUT2D eigenvalue weighted by molar-refractivity contribution is 8.01. The second kappa shape index (κ2) is 6.64. The first-order chi connectivity index (χ1) is 11.1. The van der Waals surface area contributed by atoms with Crippen LogP contribution in [0.3, 0.4) is 0 Å². The number of aryl methyl sites for hydroxylation is 2. The number of rotatable bonds is 4. The zero-order valence-electron chi connectivity index (χ0n) is 13.1. The van der Waals surface area contributed by atoms with E-state index in [0.29, 0.717) is 10.7 Å². The molecule has 3 rings (SSSR count). The number of anilines is 1. The zero-order valence-corrected chi connectivity index (χ0v) is 14.7. The monoisotopic (exact) mass is 344 g/mol. The van der Waals surface area contributed by atoms with Gasteiger partial charge in [0.1, 0.15) is 0 Å². The number of hydrogen-bond donors (Lipinski definition) is 1. The van der Waals surface area contributed by atoms with Crippen molar-refractivity contribution in [3.63, 3.8) is 0 Å². The number of nitrogens with zero attached hydrogens (tertiary/aromatic N) is 3. The van der Waals surface area contributed by atoms with Crippen molar-refractivity contribution in [2.45, 2.75) is 25.1 Å². The molecular weight excluding hydrogens is 328 g/mol. The van der Waals surface area contributed by atoms with E-state index in [2.05, 4.69) is 27.4 Å². The number of aromatic nitrogens is 3. The molecule has 1 amide bonds. The SMILES string of the molecule is CCSc1nnc(NC(=O)c2cc(C)nc3ccc(C)cc23)s1. The third-order valence-electron chi connectivity index (χ3n) is 3.23. The van der Waals surface area contributed by atoms with Gasteiger partial charge in [-0.1, -0.05) is 41.7 Å². The number of thioether (sulfide) groups is 1. The van der Waals surface area contributed by atoms with Crippen molar-refractivity contribution in [2.75, 3.05) is 11.1 Å². The topological polar surface area (TPSA) is 67.8 Å². The van der Waals surface area contributed by atoms with Gasteiger partial charge in [-0.3, -0.25) is 15.1 Å². The summed E-state index contributed by atoms with van der Waals surface area (Å²) < 4.78 is 0.856. The molecule has 0 fully saturated rings.